The molecule has 0 N–H and O–H groups in total. The summed E-state index contributed by atoms with van der Waals surface area (Å²) in [6.45, 7) is 6.31. The van der Waals surface area contributed by atoms with Gasteiger partial charge in [-0.3, -0.25) is 9.80 Å². The standard InChI is InChI=1S/C28H30N2O/c1-20-9-13-24(14-10-20)29-26(23-8-6-7-22(3)19-23)28(17-4-5-18-28)30(27(29)31)25-15-11-21(2)12-16-25/h6-16,19,26H,4-5,17-18H2,1-3H3/t26-/m0/s1. The predicted octanol–water partition coefficient (Wildman–Crippen LogP) is 7.11. The number of carbonyl (C=O) groups is 1. The van der Waals surface area contributed by atoms with Crippen LogP contribution in [0.3, 0.4) is 0 Å². The van der Waals surface area contributed by atoms with Crippen LogP contribution in [0.1, 0.15) is 54.0 Å². The molecule has 0 unspecified atom stereocenters. The highest BCUT2D eigenvalue weighted by molar-refractivity contribution is 6.09. The van der Waals surface area contributed by atoms with Gasteiger partial charge in [0, 0.05) is 11.4 Å². The number of carbonyl (C=O) groups excluding carboxylic acids is 1. The molecule has 3 aromatic carbocycles. The van der Waals surface area contributed by atoms with E-state index in [9.17, 15) is 4.79 Å². The molecule has 1 atom stereocenters. The van der Waals surface area contributed by atoms with E-state index in [1.165, 1.54) is 22.3 Å². The van der Waals surface area contributed by atoms with Gasteiger partial charge in [0.1, 0.15) is 0 Å². The molecule has 0 radical (unpaired) electrons. The molecule has 1 spiro atoms. The lowest BCUT2D eigenvalue weighted by atomic mass is 9.82. The van der Waals surface area contributed by atoms with Gasteiger partial charge in [-0.25, -0.2) is 4.79 Å². The van der Waals surface area contributed by atoms with E-state index < -0.39 is 0 Å². The Labute approximate surface area is 185 Å². The van der Waals surface area contributed by atoms with Gasteiger partial charge < -0.3 is 0 Å². The third-order valence-electron chi connectivity index (χ3n) is 7.04. The number of anilines is 2. The van der Waals surface area contributed by atoms with E-state index in [2.05, 4.69) is 103 Å². The Morgan fingerprint density at radius 2 is 1.32 bits per heavy atom. The van der Waals surface area contributed by atoms with Gasteiger partial charge in [0.05, 0.1) is 11.6 Å². The topological polar surface area (TPSA) is 23.6 Å². The maximum Gasteiger partial charge on any atom is 0.330 e. The SMILES string of the molecule is Cc1ccc(N2C(=O)N(c3ccc(C)cc3)C3(CCCC3)[C@@H]2c2cccc(C)c2)cc1. The van der Waals surface area contributed by atoms with Crippen LogP contribution in [0.15, 0.2) is 72.8 Å². The summed E-state index contributed by atoms with van der Waals surface area (Å²) in [5.74, 6) is 0. The van der Waals surface area contributed by atoms with Crippen molar-refractivity contribution in [3.8, 4) is 0 Å². The molecule has 158 valence electrons. The molecular formula is C28H30N2O. The predicted molar refractivity (Wildman–Crippen MR) is 128 cm³/mol. The highest BCUT2D eigenvalue weighted by atomic mass is 16.2. The van der Waals surface area contributed by atoms with E-state index in [4.69, 9.17) is 0 Å². The number of hydrogen-bond donors (Lipinski definition) is 0. The molecule has 1 aliphatic heterocycles. The molecule has 3 aromatic rings. The van der Waals surface area contributed by atoms with Crippen LogP contribution < -0.4 is 9.80 Å². The Hall–Kier alpha value is -3.07. The van der Waals surface area contributed by atoms with Crippen LogP contribution in [0.5, 0.6) is 0 Å². The van der Waals surface area contributed by atoms with Crippen molar-refractivity contribution < 1.29 is 4.79 Å². The zero-order valence-corrected chi connectivity index (χ0v) is 18.6. The van der Waals surface area contributed by atoms with Gasteiger partial charge in [0.25, 0.3) is 0 Å². The highest BCUT2D eigenvalue weighted by Crippen LogP contribution is 2.55. The smallest absolute Gasteiger partial charge is 0.285 e. The average Bonchev–Trinajstić information content (AvgIpc) is 3.33. The monoisotopic (exact) mass is 410 g/mol. The summed E-state index contributed by atoms with van der Waals surface area (Å²) >= 11 is 0. The van der Waals surface area contributed by atoms with Gasteiger partial charge in [-0.05, 0) is 63.4 Å². The lowest BCUT2D eigenvalue weighted by Crippen LogP contribution is -2.46. The first kappa shape index (κ1) is 19.9. The van der Waals surface area contributed by atoms with Crippen molar-refractivity contribution in [3.05, 3.63) is 95.1 Å². The molecule has 5 rings (SSSR count). The van der Waals surface area contributed by atoms with Crippen LogP contribution in [0, 0.1) is 20.8 Å². The molecule has 1 aliphatic carbocycles. The number of amides is 2. The van der Waals surface area contributed by atoms with Gasteiger partial charge in [-0.1, -0.05) is 78.1 Å². The maximum absolute atomic E-state index is 14.2. The Kier molecular flexibility index (Phi) is 4.85. The Morgan fingerprint density at radius 3 is 1.90 bits per heavy atom. The zero-order chi connectivity index (χ0) is 21.6. The zero-order valence-electron chi connectivity index (χ0n) is 18.6. The number of hydrogen-bond acceptors (Lipinski definition) is 1. The van der Waals surface area contributed by atoms with E-state index in [-0.39, 0.29) is 17.6 Å². The number of nitrogens with zero attached hydrogens (tertiary/aromatic N) is 2. The fraction of sp³-hybridized carbons (Fsp3) is 0.321. The average molecular weight is 411 g/mol. The lowest BCUT2D eigenvalue weighted by Gasteiger charge is -2.39. The molecule has 1 saturated heterocycles. The normalized spacial score (nSPS) is 20.1. The van der Waals surface area contributed by atoms with Crippen molar-refractivity contribution in [2.45, 2.75) is 58.0 Å². The summed E-state index contributed by atoms with van der Waals surface area (Å²) < 4.78 is 0. The van der Waals surface area contributed by atoms with Crippen LogP contribution in [0.25, 0.3) is 0 Å². The van der Waals surface area contributed by atoms with Gasteiger partial charge in [-0.15, -0.1) is 0 Å². The van der Waals surface area contributed by atoms with Crippen molar-refractivity contribution in [1.29, 1.82) is 0 Å². The number of rotatable bonds is 3. The minimum absolute atomic E-state index is 0.00795. The second-order valence-corrected chi connectivity index (χ2v) is 9.29. The van der Waals surface area contributed by atoms with Crippen LogP contribution in [0.4, 0.5) is 16.2 Å². The Balaban J connectivity index is 1.73. The van der Waals surface area contributed by atoms with Gasteiger partial charge >= 0.3 is 6.03 Å². The molecule has 1 saturated carbocycles. The highest BCUT2D eigenvalue weighted by Gasteiger charge is 2.59. The molecule has 3 heteroatoms. The second kappa shape index (κ2) is 7.56. The maximum atomic E-state index is 14.2. The molecule has 1 heterocycles. The summed E-state index contributed by atoms with van der Waals surface area (Å²) in [5, 5.41) is 0. The van der Waals surface area contributed by atoms with Crippen molar-refractivity contribution >= 4 is 17.4 Å². The quantitative estimate of drug-likeness (QED) is 0.451. The molecule has 2 fully saturated rings. The van der Waals surface area contributed by atoms with Gasteiger partial charge in [0.15, 0.2) is 0 Å². The first-order chi connectivity index (χ1) is 15.0. The van der Waals surface area contributed by atoms with E-state index >= 15 is 0 Å². The Bertz CT molecular complexity index is 1090. The second-order valence-electron chi connectivity index (χ2n) is 9.29. The third-order valence-corrected chi connectivity index (χ3v) is 7.04. The van der Waals surface area contributed by atoms with E-state index in [0.717, 1.165) is 37.1 Å². The van der Waals surface area contributed by atoms with E-state index in [1.807, 2.05) is 0 Å². The Morgan fingerprint density at radius 1 is 0.742 bits per heavy atom. The van der Waals surface area contributed by atoms with Crippen LogP contribution in [-0.4, -0.2) is 11.6 Å². The molecule has 31 heavy (non-hydrogen) atoms. The van der Waals surface area contributed by atoms with Crippen LogP contribution >= 0.6 is 0 Å². The molecule has 3 nitrogen and oxygen atoms in total. The lowest BCUT2D eigenvalue weighted by molar-refractivity contribution is 0.253. The van der Waals surface area contributed by atoms with E-state index in [0.29, 0.717) is 0 Å². The number of urea groups is 1. The first-order valence-electron chi connectivity index (χ1n) is 11.3. The molecule has 0 bridgehead atoms. The van der Waals surface area contributed by atoms with Gasteiger partial charge in [-0.2, -0.15) is 0 Å². The van der Waals surface area contributed by atoms with Crippen molar-refractivity contribution in [3.63, 3.8) is 0 Å². The summed E-state index contributed by atoms with van der Waals surface area (Å²) in [7, 11) is 0. The third kappa shape index (κ3) is 3.23. The van der Waals surface area contributed by atoms with Crippen LogP contribution in [0.2, 0.25) is 0 Å². The minimum Gasteiger partial charge on any atom is -0.285 e. The summed E-state index contributed by atoms with van der Waals surface area (Å²) in [4.78, 5) is 18.3. The minimum atomic E-state index is -0.231. The van der Waals surface area contributed by atoms with Crippen molar-refractivity contribution in [1.82, 2.24) is 0 Å². The molecule has 0 aromatic heterocycles. The number of aryl methyl sites for hydroxylation is 3. The largest absolute Gasteiger partial charge is 0.330 e. The summed E-state index contributed by atoms with van der Waals surface area (Å²) in [6, 6.07) is 25.6. The van der Waals surface area contributed by atoms with Gasteiger partial charge in [0.2, 0.25) is 0 Å². The van der Waals surface area contributed by atoms with E-state index in [1.54, 1.807) is 0 Å². The molecule has 2 amide bonds. The summed E-state index contributed by atoms with van der Waals surface area (Å²) in [5.41, 5.74) is 6.62. The van der Waals surface area contributed by atoms with Crippen molar-refractivity contribution in [2.75, 3.05) is 9.80 Å². The summed E-state index contributed by atoms with van der Waals surface area (Å²) in [6.07, 6.45) is 4.35. The molecular weight excluding hydrogens is 380 g/mol. The molecule has 2 aliphatic rings. The number of benzene rings is 3. The van der Waals surface area contributed by atoms with Crippen LogP contribution in [-0.2, 0) is 0 Å². The first-order valence-corrected chi connectivity index (χ1v) is 11.3. The fourth-order valence-electron chi connectivity index (χ4n) is 5.58. The fourth-order valence-corrected chi connectivity index (χ4v) is 5.58. The van der Waals surface area contributed by atoms with Crippen molar-refractivity contribution in [2.24, 2.45) is 0 Å².